The third kappa shape index (κ3) is 3.69. The van der Waals surface area contributed by atoms with Gasteiger partial charge in [0.25, 0.3) is 5.82 Å². The molecular formula is C17H22N3O4S+. The topological polar surface area (TPSA) is 82.0 Å². The predicted octanol–water partition coefficient (Wildman–Crippen LogP) is 1.87. The molecule has 0 aliphatic carbocycles. The number of sulfonamides is 1. The summed E-state index contributed by atoms with van der Waals surface area (Å²) in [5.41, 5.74) is 1.04. The average Bonchev–Trinajstić information content (AvgIpc) is 3.09. The summed E-state index contributed by atoms with van der Waals surface area (Å²) in [6.07, 6.45) is 1.51. The molecular weight excluding hydrogens is 342 g/mol. The van der Waals surface area contributed by atoms with Gasteiger partial charge in [-0.3, -0.25) is 5.32 Å². The molecule has 0 amide bonds. The molecule has 134 valence electrons. The second kappa shape index (κ2) is 7.28. The van der Waals surface area contributed by atoms with Crippen molar-refractivity contribution in [3.63, 3.8) is 0 Å². The molecule has 25 heavy (non-hydrogen) atoms. The van der Waals surface area contributed by atoms with Gasteiger partial charge in [-0.2, -0.15) is 4.31 Å². The SMILES string of the molecule is CCN(CC)S(=O)(=O)c1ccc(NCc2ccc3c(c2)OCO3)[nH+]c1. The van der Waals surface area contributed by atoms with Crippen LogP contribution in [-0.4, -0.2) is 32.6 Å². The van der Waals surface area contributed by atoms with Crippen LogP contribution in [0.25, 0.3) is 0 Å². The van der Waals surface area contributed by atoms with Gasteiger partial charge in [0.1, 0.15) is 17.6 Å². The van der Waals surface area contributed by atoms with E-state index in [1.54, 1.807) is 12.1 Å². The smallest absolute Gasteiger partial charge is 0.272 e. The molecule has 2 N–H and O–H groups in total. The third-order valence-corrected chi connectivity index (χ3v) is 6.09. The molecule has 1 aromatic heterocycles. The predicted molar refractivity (Wildman–Crippen MR) is 93.0 cm³/mol. The third-order valence-electron chi connectivity index (χ3n) is 4.05. The maximum absolute atomic E-state index is 12.5. The summed E-state index contributed by atoms with van der Waals surface area (Å²) in [6, 6.07) is 9.09. The molecule has 1 aliphatic rings. The van der Waals surface area contributed by atoms with Crippen LogP contribution in [0.3, 0.4) is 0 Å². The molecule has 0 saturated heterocycles. The maximum atomic E-state index is 12.5. The highest BCUT2D eigenvalue weighted by Crippen LogP contribution is 2.32. The van der Waals surface area contributed by atoms with Crippen molar-refractivity contribution in [3.05, 3.63) is 42.1 Å². The minimum atomic E-state index is -3.45. The summed E-state index contributed by atoms with van der Waals surface area (Å²) in [4.78, 5) is 3.25. The number of ether oxygens (including phenoxy) is 2. The molecule has 0 saturated carbocycles. The van der Waals surface area contributed by atoms with E-state index < -0.39 is 10.0 Å². The van der Waals surface area contributed by atoms with Crippen LogP contribution < -0.4 is 19.8 Å². The number of aromatic nitrogens is 1. The number of benzene rings is 1. The Bertz CT molecular complexity index is 833. The Labute approximate surface area is 147 Å². The lowest BCUT2D eigenvalue weighted by Gasteiger charge is -2.17. The van der Waals surface area contributed by atoms with E-state index >= 15 is 0 Å². The van der Waals surface area contributed by atoms with Gasteiger partial charge in [0.2, 0.25) is 16.8 Å². The lowest BCUT2D eigenvalue weighted by atomic mass is 10.2. The number of rotatable bonds is 7. The van der Waals surface area contributed by atoms with Crippen LogP contribution in [0.15, 0.2) is 41.4 Å². The molecule has 3 rings (SSSR count). The Morgan fingerprint density at radius 2 is 1.88 bits per heavy atom. The summed E-state index contributed by atoms with van der Waals surface area (Å²) < 4.78 is 37.0. The van der Waals surface area contributed by atoms with Crippen molar-refractivity contribution in [3.8, 4) is 11.5 Å². The van der Waals surface area contributed by atoms with E-state index in [2.05, 4.69) is 10.3 Å². The minimum absolute atomic E-state index is 0.252. The standard InChI is InChI=1S/C17H21N3O4S/c1-3-20(4-2)25(21,22)14-6-8-17(19-11-14)18-10-13-5-7-15-16(9-13)24-12-23-15/h5-9,11H,3-4,10,12H2,1-2H3,(H,18,19)/p+1. The molecule has 2 heterocycles. The van der Waals surface area contributed by atoms with E-state index in [1.165, 1.54) is 10.5 Å². The number of anilines is 1. The first-order chi connectivity index (χ1) is 12.0. The number of fused-ring (bicyclic) bond motifs is 1. The lowest BCUT2D eigenvalue weighted by molar-refractivity contribution is -0.364. The number of H-pyrrole nitrogens is 1. The van der Waals surface area contributed by atoms with Crippen molar-refractivity contribution >= 4 is 15.8 Å². The summed E-state index contributed by atoms with van der Waals surface area (Å²) in [5, 5.41) is 3.23. The Balaban J connectivity index is 1.67. The quantitative estimate of drug-likeness (QED) is 0.811. The zero-order valence-corrected chi connectivity index (χ0v) is 15.1. The number of aromatic amines is 1. The van der Waals surface area contributed by atoms with Crippen LogP contribution in [0.1, 0.15) is 19.4 Å². The monoisotopic (exact) mass is 364 g/mol. The fraction of sp³-hybridized carbons (Fsp3) is 0.353. The molecule has 1 aliphatic heterocycles. The first kappa shape index (κ1) is 17.5. The fourth-order valence-corrected chi connectivity index (χ4v) is 4.07. The molecule has 0 unspecified atom stereocenters. The largest absolute Gasteiger partial charge is 0.454 e. The first-order valence-corrected chi connectivity index (χ1v) is 9.63. The molecule has 2 aromatic rings. The molecule has 7 nitrogen and oxygen atoms in total. The van der Waals surface area contributed by atoms with Crippen LogP contribution in [-0.2, 0) is 16.6 Å². The van der Waals surface area contributed by atoms with E-state index in [1.807, 2.05) is 32.0 Å². The molecule has 0 spiro atoms. The first-order valence-electron chi connectivity index (χ1n) is 8.19. The highest BCUT2D eigenvalue weighted by molar-refractivity contribution is 7.89. The van der Waals surface area contributed by atoms with E-state index in [4.69, 9.17) is 9.47 Å². The normalized spacial score (nSPS) is 13.2. The number of hydrogen-bond acceptors (Lipinski definition) is 5. The van der Waals surface area contributed by atoms with Crippen molar-refractivity contribution < 1.29 is 22.9 Å². The van der Waals surface area contributed by atoms with Crippen LogP contribution in [0.4, 0.5) is 5.82 Å². The van der Waals surface area contributed by atoms with Crippen LogP contribution >= 0.6 is 0 Å². The zero-order valence-electron chi connectivity index (χ0n) is 14.3. The second-order valence-corrected chi connectivity index (χ2v) is 7.51. The van der Waals surface area contributed by atoms with Gasteiger partial charge in [0.05, 0.1) is 0 Å². The fourth-order valence-electron chi connectivity index (χ4n) is 2.64. The number of nitrogens with zero attached hydrogens (tertiary/aromatic N) is 1. The van der Waals surface area contributed by atoms with Crippen molar-refractivity contribution in [1.82, 2.24) is 4.31 Å². The molecule has 0 atom stereocenters. The molecule has 0 fully saturated rings. The minimum Gasteiger partial charge on any atom is -0.454 e. The van der Waals surface area contributed by atoms with Crippen molar-refractivity contribution in [2.75, 3.05) is 25.2 Å². The second-order valence-electron chi connectivity index (χ2n) is 5.57. The summed E-state index contributed by atoms with van der Waals surface area (Å²) in [7, 11) is -3.45. The van der Waals surface area contributed by atoms with Gasteiger partial charge in [0.15, 0.2) is 11.5 Å². The van der Waals surface area contributed by atoms with Gasteiger partial charge >= 0.3 is 0 Å². The average molecular weight is 364 g/mol. The Kier molecular flexibility index (Phi) is 5.10. The Morgan fingerprint density at radius 3 is 2.56 bits per heavy atom. The van der Waals surface area contributed by atoms with Crippen molar-refractivity contribution in [1.29, 1.82) is 0 Å². The zero-order chi connectivity index (χ0) is 17.9. The highest BCUT2D eigenvalue weighted by Gasteiger charge is 2.22. The molecule has 1 aromatic carbocycles. The Morgan fingerprint density at radius 1 is 1.12 bits per heavy atom. The number of pyridine rings is 1. The summed E-state index contributed by atoms with van der Waals surface area (Å²) in [5.74, 6) is 2.22. The number of nitrogens with one attached hydrogen (secondary N) is 2. The summed E-state index contributed by atoms with van der Waals surface area (Å²) in [6.45, 7) is 5.38. The molecule has 0 bridgehead atoms. The van der Waals surface area contributed by atoms with E-state index in [0.717, 1.165) is 22.9 Å². The van der Waals surface area contributed by atoms with Gasteiger partial charge in [-0.05, 0) is 23.8 Å². The van der Waals surface area contributed by atoms with E-state index in [9.17, 15) is 8.42 Å². The maximum Gasteiger partial charge on any atom is 0.272 e. The number of hydrogen-bond donors (Lipinski definition) is 1. The lowest BCUT2D eigenvalue weighted by Crippen LogP contribution is -2.31. The van der Waals surface area contributed by atoms with Gasteiger partial charge in [-0.1, -0.05) is 19.9 Å². The van der Waals surface area contributed by atoms with Gasteiger partial charge in [-0.15, -0.1) is 0 Å². The highest BCUT2D eigenvalue weighted by atomic mass is 32.2. The van der Waals surface area contributed by atoms with Crippen LogP contribution in [0, 0.1) is 0 Å². The summed E-state index contributed by atoms with van der Waals surface area (Å²) >= 11 is 0. The van der Waals surface area contributed by atoms with Crippen LogP contribution in [0.5, 0.6) is 11.5 Å². The molecule has 0 radical (unpaired) electrons. The van der Waals surface area contributed by atoms with Gasteiger partial charge in [0, 0.05) is 19.2 Å². The van der Waals surface area contributed by atoms with Crippen molar-refractivity contribution in [2.45, 2.75) is 25.3 Å². The Hall–Kier alpha value is -2.32. The van der Waals surface area contributed by atoms with E-state index in [-0.39, 0.29) is 11.7 Å². The van der Waals surface area contributed by atoms with Crippen molar-refractivity contribution in [2.24, 2.45) is 0 Å². The van der Waals surface area contributed by atoms with Crippen LogP contribution in [0.2, 0.25) is 0 Å². The van der Waals surface area contributed by atoms with Gasteiger partial charge < -0.3 is 9.47 Å². The van der Waals surface area contributed by atoms with Gasteiger partial charge in [-0.25, -0.2) is 13.4 Å². The molecule has 8 heteroatoms. The van der Waals surface area contributed by atoms with E-state index in [0.29, 0.717) is 19.6 Å².